The standard InChI is InChI=1S/C26H34F2N4O4Si/c1-16-12-21-23(24(33)29-15-26(3,30-25(34)35)10-11-37(4,5)6)17(2)31-32(21)22(13-16)36-14-18-19(27)8-7-9-20(18)28/h7-9,12-13,30H,10-11,14-15H2,1-6H3,(H,29,33)(H,34,35). The smallest absolute Gasteiger partial charge is 0.405 e. The molecule has 2 heterocycles. The largest absolute Gasteiger partial charge is 0.473 e. The molecule has 0 bridgehead atoms. The van der Waals surface area contributed by atoms with E-state index in [4.69, 9.17) is 4.74 Å². The predicted octanol–water partition coefficient (Wildman–Crippen LogP) is 5.29. The molecule has 0 spiro atoms. The quantitative estimate of drug-likeness (QED) is 0.308. The third-order valence-corrected chi connectivity index (χ3v) is 7.90. The Labute approximate surface area is 216 Å². The fourth-order valence-corrected chi connectivity index (χ4v) is 5.33. The van der Waals surface area contributed by atoms with Crippen molar-refractivity contribution in [2.24, 2.45) is 0 Å². The fourth-order valence-electron chi connectivity index (χ4n) is 4.03. The van der Waals surface area contributed by atoms with Gasteiger partial charge >= 0.3 is 6.09 Å². The highest BCUT2D eigenvalue weighted by molar-refractivity contribution is 6.76. The zero-order chi connectivity index (χ0) is 27.5. The van der Waals surface area contributed by atoms with Gasteiger partial charge in [-0.25, -0.2) is 13.6 Å². The number of rotatable bonds is 10. The number of ether oxygens (including phenoxy) is 1. The minimum absolute atomic E-state index is 0.0983. The number of benzene rings is 1. The highest BCUT2D eigenvalue weighted by atomic mass is 28.3. The maximum atomic E-state index is 14.1. The summed E-state index contributed by atoms with van der Waals surface area (Å²) in [6.07, 6.45) is -0.560. The lowest BCUT2D eigenvalue weighted by molar-refractivity contribution is 0.0938. The van der Waals surface area contributed by atoms with Gasteiger partial charge in [0, 0.05) is 20.7 Å². The number of amides is 2. The van der Waals surface area contributed by atoms with Gasteiger partial charge < -0.3 is 20.5 Å². The molecule has 2 aromatic heterocycles. The molecule has 3 rings (SSSR count). The number of carbonyl (C=O) groups excluding carboxylic acids is 1. The highest BCUT2D eigenvalue weighted by Gasteiger charge is 2.30. The molecule has 0 fully saturated rings. The molecular formula is C26H34F2N4O4Si. The minimum Gasteiger partial charge on any atom is -0.473 e. The van der Waals surface area contributed by atoms with Gasteiger partial charge in [-0.2, -0.15) is 9.61 Å². The first-order chi connectivity index (χ1) is 17.2. The molecule has 0 radical (unpaired) electrons. The Bertz CT molecular complexity index is 1300. The second kappa shape index (κ2) is 10.9. The zero-order valence-corrected chi connectivity index (χ0v) is 23.0. The molecule has 1 aromatic carbocycles. The number of hydrogen-bond acceptors (Lipinski definition) is 4. The van der Waals surface area contributed by atoms with E-state index in [0.29, 0.717) is 23.2 Å². The van der Waals surface area contributed by atoms with Crippen molar-refractivity contribution in [3.05, 3.63) is 64.4 Å². The van der Waals surface area contributed by atoms with E-state index in [9.17, 15) is 23.5 Å². The Morgan fingerprint density at radius 2 is 1.81 bits per heavy atom. The van der Waals surface area contributed by atoms with Crippen LogP contribution in [0.1, 0.15) is 40.5 Å². The number of carbonyl (C=O) groups is 2. The van der Waals surface area contributed by atoms with Crippen LogP contribution in [0.3, 0.4) is 0 Å². The number of fused-ring (bicyclic) bond motifs is 1. The Kier molecular flexibility index (Phi) is 8.26. The van der Waals surface area contributed by atoms with Crippen LogP contribution in [0, 0.1) is 25.5 Å². The van der Waals surface area contributed by atoms with E-state index < -0.39 is 37.2 Å². The molecule has 0 saturated heterocycles. The number of nitrogens with one attached hydrogen (secondary N) is 2. The molecule has 8 nitrogen and oxygen atoms in total. The second-order valence-corrected chi connectivity index (χ2v) is 16.5. The topological polar surface area (TPSA) is 105 Å². The first-order valence-corrected chi connectivity index (χ1v) is 15.7. The average molecular weight is 533 g/mol. The number of carboxylic acid groups (broad SMARTS) is 1. The Balaban J connectivity index is 1.86. The van der Waals surface area contributed by atoms with Crippen LogP contribution in [0.15, 0.2) is 30.3 Å². The van der Waals surface area contributed by atoms with Crippen LogP contribution in [0.2, 0.25) is 25.7 Å². The molecule has 1 atom stereocenters. The lowest BCUT2D eigenvalue weighted by atomic mass is 9.98. The van der Waals surface area contributed by atoms with Crippen molar-refractivity contribution in [3.8, 4) is 5.88 Å². The molecule has 200 valence electrons. The van der Waals surface area contributed by atoms with Crippen LogP contribution in [-0.4, -0.2) is 46.9 Å². The van der Waals surface area contributed by atoms with Crippen molar-refractivity contribution >= 4 is 25.6 Å². The highest BCUT2D eigenvalue weighted by Crippen LogP contribution is 2.25. The SMILES string of the molecule is Cc1cc(OCc2c(F)cccc2F)n2nc(C)c(C(=O)NCC(C)(CC[Si](C)(C)C)NC(=O)O)c2c1. The predicted molar refractivity (Wildman–Crippen MR) is 140 cm³/mol. The van der Waals surface area contributed by atoms with Crippen LogP contribution < -0.4 is 15.4 Å². The molecule has 0 aliphatic carbocycles. The molecule has 1 unspecified atom stereocenters. The first-order valence-electron chi connectivity index (χ1n) is 12.0. The number of aromatic nitrogens is 2. The summed E-state index contributed by atoms with van der Waals surface area (Å²) in [6.45, 7) is 11.6. The minimum atomic E-state index is -1.44. The summed E-state index contributed by atoms with van der Waals surface area (Å²) in [5.74, 6) is -1.61. The van der Waals surface area contributed by atoms with Crippen molar-refractivity contribution in [1.29, 1.82) is 0 Å². The summed E-state index contributed by atoms with van der Waals surface area (Å²) >= 11 is 0. The normalized spacial score (nSPS) is 13.3. The van der Waals surface area contributed by atoms with Gasteiger partial charge in [-0.15, -0.1) is 0 Å². The van der Waals surface area contributed by atoms with E-state index in [-0.39, 0.29) is 24.6 Å². The van der Waals surface area contributed by atoms with Crippen molar-refractivity contribution in [2.75, 3.05) is 6.54 Å². The lowest BCUT2D eigenvalue weighted by Crippen LogP contribution is -2.53. The van der Waals surface area contributed by atoms with E-state index in [1.165, 1.54) is 10.6 Å². The van der Waals surface area contributed by atoms with Gasteiger partial charge in [0.1, 0.15) is 18.2 Å². The Morgan fingerprint density at radius 1 is 1.16 bits per heavy atom. The molecule has 3 aromatic rings. The third kappa shape index (κ3) is 7.06. The van der Waals surface area contributed by atoms with Crippen LogP contribution in [0.4, 0.5) is 13.6 Å². The fraction of sp³-hybridized carbons (Fsp3) is 0.423. The first kappa shape index (κ1) is 28.1. The van der Waals surface area contributed by atoms with E-state index >= 15 is 0 Å². The molecular weight excluding hydrogens is 498 g/mol. The van der Waals surface area contributed by atoms with Crippen molar-refractivity contribution in [1.82, 2.24) is 20.2 Å². The summed E-state index contributed by atoms with van der Waals surface area (Å²) in [4.78, 5) is 24.7. The molecule has 3 N–H and O–H groups in total. The average Bonchev–Trinajstić information content (AvgIpc) is 3.10. The van der Waals surface area contributed by atoms with Gasteiger partial charge in [0.05, 0.1) is 27.9 Å². The maximum Gasteiger partial charge on any atom is 0.405 e. The number of hydrogen-bond donors (Lipinski definition) is 3. The van der Waals surface area contributed by atoms with Crippen LogP contribution in [0.5, 0.6) is 5.88 Å². The van der Waals surface area contributed by atoms with Crippen molar-refractivity contribution in [2.45, 2.75) is 65.0 Å². The van der Waals surface area contributed by atoms with Gasteiger partial charge in [-0.05, 0) is 51.0 Å². The summed E-state index contributed by atoms with van der Waals surface area (Å²) in [5, 5.41) is 19.2. The Morgan fingerprint density at radius 3 is 2.41 bits per heavy atom. The molecule has 2 amide bonds. The van der Waals surface area contributed by atoms with Gasteiger partial charge in [-0.3, -0.25) is 4.79 Å². The van der Waals surface area contributed by atoms with Crippen LogP contribution >= 0.6 is 0 Å². The lowest BCUT2D eigenvalue weighted by Gasteiger charge is -2.32. The number of halogens is 2. The second-order valence-electron chi connectivity index (χ2n) is 10.9. The van der Waals surface area contributed by atoms with Crippen molar-refractivity contribution < 1.29 is 28.2 Å². The van der Waals surface area contributed by atoms with Gasteiger partial charge in [0.25, 0.3) is 5.91 Å². The van der Waals surface area contributed by atoms with E-state index in [0.717, 1.165) is 23.7 Å². The molecule has 11 heteroatoms. The van der Waals surface area contributed by atoms with Crippen LogP contribution in [0.25, 0.3) is 5.52 Å². The van der Waals surface area contributed by atoms with Crippen LogP contribution in [-0.2, 0) is 6.61 Å². The molecule has 37 heavy (non-hydrogen) atoms. The summed E-state index contributed by atoms with van der Waals surface area (Å²) in [7, 11) is -1.44. The zero-order valence-electron chi connectivity index (χ0n) is 22.0. The summed E-state index contributed by atoms with van der Waals surface area (Å²) < 4.78 is 35.3. The summed E-state index contributed by atoms with van der Waals surface area (Å²) in [6, 6.07) is 7.92. The van der Waals surface area contributed by atoms with E-state index in [2.05, 4.69) is 35.4 Å². The number of aryl methyl sites for hydroxylation is 2. The van der Waals surface area contributed by atoms with E-state index in [1.54, 1.807) is 26.0 Å². The van der Waals surface area contributed by atoms with Crippen molar-refractivity contribution in [3.63, 3.8) is 0 Å². The maximum absolute atomic E-state index is 14.1. The molecule has 0 aliphatic heterocycles. The molecule has 0 saturated carbocycles. The Hall–Kier alpha value is -3.47. The summed E-state index contributed by atoms with van der Waals surface area (Å²) in [5.41, 5.74) is 0.926. The number of pyridine rings is 1. The van der Waals surface area contributed by atoms with Gasteiger partial charge in [0.15, 0.2) is 0 Å². The van der Waals surface area contributed by atoms with E-state index in [1.807, 2.05) is 6.92 Å². The monoisotopic (exact) mass is 532 g/mol. The van der Waals surface area contributed by atoms with Gasteiger partial charge in [-0.1, -0.05) is 31.8 Å². The third-order valence-electron chi connectivity index (χ3n) is 6.15. The molecule has 0 aliphatic rings. The number of nitrogens with zero attached hydrogens (tertiary/aromatic N) is 2. The van der Waals surface area contributed by atoms with Gasteiger partial charge in [0.2, 0.25) is 5.88 Å².